The van der Waals surface area contributed by atoms with Gasteiger partial charge in [-0.2, -0.15) is 0 Å². The molecule has 0 amide bonds. The van der Waals surface area contributed by atoms with Gasteiger partial charge in [0.1, 0.15) is 0 Å². The molecule has 5 aliphatic carbocycles. The van der Waals surface area contributed by atoms with Gasteiger partial charge < -0.3 is 9.80 Å². The van der Waals surface area contributed by atoms with Crippen LogP contribution in [0.5, 0.6) is 0 Å². The molecule has 0 spiro atoms. The molecule has 2 nitrogen and oxygen atoms in total. The Morgan fingerprint density at radius 3 is 1.25 bits per heavy atom. The number of anilines is 5. The fourth-order valence-electron chi connectivity index (χ4n) is 15.2. The molecule has 0 fully saturated rings. The van der Waals surface area contributed by atoms with Gasteiger partial charge in [-0.05, 0) is 127 Å². The Kier molecular flexibility index (Phi) is 9.33. The lowest BCUT2D eigenvalue weighted by molar-refractivity contribution is 0.609. The standard InChI is InChI=1S/C74H62N2/c1-71(2)64-32-20-16-24-52(64)60-41-45(36-40-65(60)71)75(46-33-37-53-49-21-13-17-29-61(49)72(3,4)66(53)42-46)69-56-25-9-11-27-58(56)70(59-28-12-10-26-57(59)69)76(47-34-38-54-50-22-14-18-30-62(50)73(5,6)67(54)43-47)48-35-39-55-51-23-15-19-31-63(51)74(7,8)68(55)44-48/h9-38,40-44,55H,39H2,1-8H3. The van der Waals surface area contributed by atoms with E-state index in [2.05, 4.69) is 278 Å². The predicted molar refractivity (Wildman–Crippen MR) is 320 cm³/mol. The highest BCUT2D eigenvalue weighted by molar-refractivity contribution is 6.23. The van der Waals surface area contributed by atoms with Gasteiger partial charge in [0, 0.05) is 71.9 Å². The van der Waals surface area contributed by atoms with Crippen LogP contribution in [0.15, 0.2) is 224 Å². The molecule has 0 saturated carbocycles. The van der Waals surface area contributed by atoms with Crippen molar-refractivity contribution in [2.24, 2.45) is 0 Å². The Morgan fingerprint density at radius 1 is 0.329 bits per heavy atom. The Bertz CT molecular complexity index is 4170. The lowest BCUT2D eigenvalue weighted by Crippen LogP contribution is -2.24. The Morgan fingerprint density at radius 2 is 0.711 bits per heavy atom. The Hall–Kier alpha value is -8.20. The van der Waals surface area contributed by atoms with E-state index < -0.39 is 0 Å². The van der Waals surface area contributed by atoms with Gasteiger partial charge >= 0.3 is 0 Å². The molecule has 2 heteroatoms. The van der Waals surface area contributed by atoms with Crippen molar-refractivity contribution in [2.45, 2.75) is 89.4 Å². The molecule has 10 aromatic rings. The molecule has 0 saturated heterocycles. The molecule has 0 radical (unpaired) electrons. The largest absolute Gasteiger partial charge is 0.310 e. The highest BCUT2D eigenvalue weighted by Gasteiger charge is 2.44. The van der Waals surface area contributed by atoms with Crippen LogP contribution >= 0.6 is 0 Å². The molecule has 0 heterocycles. The van der Waals surface area contributed by atoms with Gasteiger partial charge in [-0.15, -0.1) is 0 Å². The third-order valence-electron chi connectivity index (χ3n) is 19.0. The lowest BCUT2D eigenvalue weighted by atomic mass is 9.78. The molecule has 15 rings (SSSR count). The van der Waals surface area contributed by atoms with E-state index in [1.807, 2.05) is 0 Å². The summed E-state index contributed by atoms with van der Waals surface area (Å²) in [5, 5.41) is 4.83. The second kappa shape index (κ2) is 15.7. The van der Waals surface area contributed by atoms with Crippen LogP contribution in [0.1, 0.15) is 112 Å². The topological polar surface area (TPSA) is 6.48 Å². The van der Waals surface area contributed by atoms with Crippen LogP contribution in [-0.4, -0.2) is 0 Å². The SMILES string of the molecule is CC1(C)C2=CC(N(c3ccc4c(c3)C(C)(C)c3ccccc3-4)c3c4ccccc4c(N(c4ccc5c(c4)-c4ccccc4C5(C)C)c4ccc5c(c4)C(C)(C)c4ccccc4-5)c4ccccc34)=CCC2c2ccccc21. The van der Waals surface area contributed by atoms with Gasteiger partial charge in [0.05, 0.1) is 11.4 Å². The number of benzene rings is 10. The van der Waals surface area contributed by atoms with Crippen molar-refractivity contribution in [3.05, 3.63) is 268 Å². The van der Waals surface area contributed by atoms with Crippen molar-refractivity contribution in [3.63, 3.8) is 0 Å². The van der Waals surface area contributed by atoms with E-state index in [4.69, 9.17) is 0 Å². The van der Waals surface area contributed by atoms with Crippen LogP contribution in [0.2, 0.25) is 0 Å². The second-order valence-corrected chi connectivity index (χ2v) is 24.4. The molecule has 76 heavy (non-hydrogen) atoms. The molecular formula is C74H62N2. The van der Waals surface area contributed by atoms with Crippen molar-refractivity contribution in [1.82, 2.24) is 0 Å². The molecule has 0 aliphatic heterocycles. The van der Waals surface area contributed by atoms with Gasteiger partial charge in [0.25, 0.3) is 0 Å². The van der Waals surface area contributed by atoms with E-state index >= 15 is 0 Å². The first-order valence-corrected chi connectivity index (χ1v) is 27.5. The van der Waals surface area contributed by atoms with E-state index in [0.717, 1.165) is 17.8 Å². The summed E-state index contributed by atoms with van der Waals surface area (Å²) < 4.78 is 0. The first kappa shape index (κ1) is 45.2. The van der Waals surface area contributed by atoms with E-state index in [1.54, 1.807) is 0 Å². The predicted octanol–water partition coefficient (Wildman–Crippen LogP) is 19.8. The van der Waals surface area contributed by atoms with E-state index in [0.29, 0.717) is 5.92 Å². The maximum absolute atomic E-state index is 2.64. The van der Waals surface area contributed by atoms with Crippen molar-refractivity contribution >= 4 is 50.0 Å². The number of rotatable bonds is 6. The molecule has 10 aromatic carbocycles. The molecule has 5 aliphatic rings. The monoisotopic (exact) mass is 978 g/mol. The smallest absolute Gasteiger partial charge is 0.0619 e. The zero-order valence-electron chi connectivity index (χ0n) is 44.9. The highest BCUT2D eigenvalue weighted by atomic mass is 15.2. The molecule has 0 bridgehead atoms. The number of allylic oxidation sites excluding steroid dienone is 3. The first-order valence-electron chi connectivity index (χ1n) is 27.5. The average molecular weight is 979 g/mol. The highest BCUT2D eigenvalue weighted by Crippen LogP contribution is 2.59. The van der Waals surface area contributed by atoms with Crippen LogP contribution in [0.3, 0.4) is 0 Å². The van der Waals surface area contributed by atoms with E-state index in [-0.39, 0.29) is 21.7 Å². The number of nitrogens with zero attached hydrogens (tertiary/aromatic N) is 2. The van der Waals surface area contributed by atoms with Crippen molar-refractivity contribution in [1.29, 1.82) is 0 Å². The van der Waals surface area contributed by atoms with Crippen molar-refractivity contribution in [3.8, 4) is 33.4 Å². The second-order valence-electron chi connectivity index (χ2n) is 24.4. The summed E-state index contributed by atoms with van der Waals surface area (Å²) in [6.07, 6.45) is 6.05. The third kappa shape index (κ3) is 6.04. The van der Waals surface area contributed by atoms with Crippen LogP contribution in [0, 0.1) is 0 Å². The van der Waals surface area contributed by atoms with Gasteiger partial charge in [0.15, 0.2) is 0 Å². The summed E-state index contributed by atoms with van der Waals surface area (Å²) in [7, 11) is 0. The maximum Gasteiger partial charge on any atom is 0.0619 e. The van der Waals surface area contributed by atoms with E-state index in [1.165, 1.54) is 128 Å². The molecule has 0 N–H and O–H groups in total. The Balaban J connectivity index is 1.01. The van der Waals surface area contributed by atoms with Crippen LogP contribution in [0.4, 0.5) is 28.4 Å². The summed E-state index contributed by atoms with van der Waals surface area (Å²) in [5.74, 6) is 0.352. The summed E-state index contributed by atoms with van der Waals surface area (Å²) in [6.45, 7) is 19.2. The summed E-state index contributed by atoms with van der Waals surface area (Å²) in [6, 6.07) is 76.7. The number of fused-ring (bicyclic) bond motifs is 14. The van der Waals surface area contributed by atoms with Gasteiger partial charge in [-0.3, -0.25) is 0 Å². The molecular weight excluding hydrogens is 917 g/mol. The molecule has 1 unspecified atom stereocenters. The van der Waals surface area contributed by atoms with Crippen LogP contribution in [0.25, 0.3) is 54.9 Å². The lowest BCUT2D eigenvalue weighted by Gasteiger charge is -2.36. The van der Waals surface area contributed by atoms with Gasteiger partial charge in [-0.25, -0.2) is 0 Å². The molecule has 0 aromatic heterocycles. The van der Waals surface area contributed by atoms with Gasteiger partial charge in [-0.1, -0.05) is 231 Å². The third-order valence-corrected chi connectivity index (χ3v) is 19.0. The van der Waals surface area contributed by atoms with Gasteiger partial charge in [0.2, 0.25) is 0 Å². The number of hydrogen-bond acceptors (Lipinski definition) is 2. The quantitative estimate of drug-likeness (QED) is 0.121. The summed E-state index contributed by atoms with van der Waals surface area (Å²) in [4.78, 5) is 5.25. The van der Waals surface area contributed by atoms with Crippen LogP contribution in [-0.2, 0) is 21.7 Å². The minimum absolute atomic E-state index is 0.111. The average Bonchev–Trinajstić information content (AvgIpc) is 4.09. The minimum Gasteiger partial charge on any atom is -0.310 e. The normalized spacial score (nSPS) is 17.9. The summed E-state index contributed by atoms with van der Waals surface area (Å²) in [5.41, 5.74) is 27.1. The first-order chi connectivity index (χ1) is 36.7. The zero-order valence-corrected chi connectivity index (χ0v) is 44.9. The van der Waals surface area contributed by atoms with Crippen molar-refractivity contribution in [2.75, 3.05) is 9.80 Å². The Labute approximate surface area is 448 Å². The fraction of sp³-hybridized carbons (Fsp3) is 0.189. The maximum atomic E-state index is 2.64. The zero-order chi connectivity index (χ0) is 51.6. The molecule has 1 atom stereocenters. The molecule has 368 valence electrons. The number of hydrogen-bond donors (Lipinski definition) is 0. The minimum atomic E-state index is -0.175. The van der Waals surface area contributed by atoms with Crippen molar-refractivity contribution < 1.29 is 0 Å². The van der Waals surface area contributed by atoms with Crippen LogP contribution < -0.4 is 9.80 Å². The fourth-order valence-corrected chi connectivity index (χ4v) is 15.2. The summed E-state index contributed by atoms with van der Waals surface area (Å²) >= 11 is 0. The van der Waals surface area contributed by atoms with E-state index in [9.17, 15) is 0 Å².